The highest BCUT2D eigenvalue weighted by atomic mass is 16.4. The summed E-state index contributed by atoms with van der Waals surface area (Å²) in [5.74, 6) is 0.172. The van der Waals surface area contributed by atoms with Gasteiger partial charge in [0, 0.05) is 45.3 Å². The van der Waals surface area contributed by atoms with Crippen LogP contribution in [0.2, 0.25) is 0 Å². The van der Waals surface area contributed by atoms with Crippen LogP contribution in [0.15, 0.2) is 35.0 Å². The van der Waals surface area contributed by atoms with E-state index in [0.717, 1.165) is 29.8 Å². The number of anilines is 1. The first kappa shape index (κ1) is 16.6. The van der Waals surface area contributed by atoms with Crippen molar-refractivity contribution in [3.8, 4) is 0 Å². The number of oxazole rings is 1. The molecule has 1 saturated heterocycles. The maximum absolute atomic E-state index is 12.4. The molecular formula is C19H23N5O2. The molecule has 0 saturated carbocycles. The monoisotopic (exact) mass is 353 g/mol. The summed E-state index contributed by atoms with van der Waals surface area (Å²) >= 11 is 0. The first-order valence-corrected chi connectivity index (χ1v) is 8.97. The van der Waals surface area contributed by atoms with Crippen LogP contribution >= 0.6 is 0 Å². The van der Waals surface area contributed by atoms with Crippen LogP contribution in [0, 0.1) is 13.8 Å². The second-order valence-corrected chi connectivity index (χ2v) is 6.87. The van der Waals surface area contributed by atoms with Crippen molar-refractivity contribution in [1.82, 2.24) is 19.7 Å². The minimum absolute atomic E-state index is 0.172. The van der Waals surface area contributed by atoms with Crippen LogP contribution < -0.4 is 4.90 Å². The van der Waals surface area contributed by atoms with Crippen molar-refractivity contribution in [2.45, 2.75) is 26.8 Å². The third kappa shape index (κ3) is 3.42. The van der Waals surface area contributed by atoms with Gasteiger partial charge in [0.05, 0.1) is 6.20 Å². The Kier molecular flexibility index (Phi) is 4.36. The van der Waals surface area contributed by atoms with Gasteiger partial charge in [-0.05, 0) is 37.1 Å². The lowest BCUT2D eigenvalue weighted by Gasteiger charge is -2.33. The molecule has 136 valence electrons. The number of fused-ring (bicyclic) bond motifs is 1. The molecule has 1 amide bonds. The number of carbonyl (C=O) groups excluding carboxylic acids is 1. The van der Waals surface area contributed by atoms with Gasteiger partial charge in [0.1, 0.15) is 5.52 Å². The summed E-state index contributed by atoms with van der Waals surface area (Å²) in [4.78, 5) is 21.0. The number of hydrogen-bond donors (Lipinski definition) is 0. The molecule has 0 aliphatic carbocycles. The molecule has 0 unspecified atom stereocenters. The third-order valence-electron chi connectivity index (χ3n) is 4.75. The number of amides is 1. The molecule has 1 aliphatic heterocycles. The van der Waals surface area contributed by atoms with Crippen LogP contribution in [0.4, 0.5) is 6.01 Å². The summed E-state index contributed by atoms with van der Waals surface area (Å²) in [7, 11) is 0. The molecule has 1 aromatic carbocycles. The molecule has 7 nitrogen and oxygen atoms in total. The van der Waals surface area contributed by atoms with Gasteiger partial charge in [0.15, 0.2) is 5.58 Å². The van der Waals surface area contributed by atoms with Gasteiger partial charge in [-0.2, -0.15) is 10.1 Å². The predicted octanol–water partition coefficient (Wildman–Crippen LogP) is 2.38. The Balaban J connectivity index is 1.33. The average molecular weight is 353 g/mol. The molecule has 3 heterocycles. The van der Waals surface area contributed by atoms with Crippen molar-refractivity contribution < 1.29 is 9.21 Å². The van der Waals surface area contributed by atoms with E-state index in [0.29, 0.717) is 32.1 Å². The minimum Gasteiger partial charge on any atom is -0.423 e. The van der Waals surface area contributed by atoms with Crippen molar-refractivity contribution in [3.63, 3.8) is 0 Å². The van der Waals surface area contributed by atoms with Crippen molar-refractivity contribution in [1.29, 1.82) is 0 Å². The Bertz CT molecular complexity index is 921. The molecule has 0 bridgehead atoms. The Morgan fingerprint density at radius 1 is 1.15 bits per heavy atom. The zero-order valence-electron chi connectivity index (χ0n) is 15.2. The molecule has 2 aromatic heterocycles. The molecule has 0 N–H and O–H groups in total. The molecule has 4 rings (SSSR count). The van der Waals surface area contributed by atoms with E-state index in [1.807, 2.05) is 54.0 Å². The maximum Gasteiger partial charge on any atom is 0.298 e. The van der Waals surface area contributed by atoms with Gasteiger partial charge in [-0.25, -0.2) is 0 Å². The Hall–Kier alpha value is -2.83. The van der Waals surface area contributed by atoms with Crippen LogP contribution in [0.25, 0.3) is 11.1 Å². The van der Waals surface area contributed by atoms with Gasteiger partial charge in [-0.3, -0.25) is 9.48 Å². The van der Waals surface area contributed by atoms with Gasteiger partial charge in [-0.15, -0.1) is 0 Å². The van der Waals surface area contributed by atoms with Gasteiger partial charge in [0.25, 0.3) is 6.01 Å². The van der Waals surface area contributed by atoms with E-state index in [2.05, 4.69) is 15.0 Å². The molecule has 0 radical (unpaired) electrons. The van der Waals surface area contributed by atoms with Crippen LogP contribution in [0.5, 0.6) is 0 Å². The SMILES string of the molecule is Cc1ccc2oc(N3CCN(C(=O)CCn4cc(C)cn4)CC3)nc2c1. The fourth-order valence-electron chi connectivity index (χ4n) is 3.27. The number of rotatable bonds is 4. The van der Waals surface area contributed by atoms with Crippen LogP contribution in [0.1, 0.15) is 17.5 Å². The summed E-state index contributed by atoms with van der Waals surface area (Å²) in [5, 5.41) is 4.23. The van der Waals surface area contributed by atoms with E-state index >= 15 is 0 Å². The molecular weight excluding hydrogens is 330 g/mol. The highest BCUT2D eigenvalue weighted by molar-refractivity contribution is 5.77. The lowest BCUT2D eigenvalue weighted by atomic mass is 10.2. The number of benzene rings is 1. The maximum atomic E-state index is 12.4. The van der Waals surface area contributed by atoms with Gasteiger partial charge in [0.2, 0.25) is 5.91 Å². The molecule has 3 aromatic rings. The fourth-order valence-corrected chi connectivity index (χ4v) is 3.27. The number of aryl methyl sites for hydroxylation is 3. The minimum atomic E-state index is 0.172. The summed E-state index contributed by atoms with van der Waals surface area (Å²) in [6, 6.07) is 6.65. The second-order valence-electron chi connectivity index (χ2n) is 6.87. The summed E-state index contributed by atoms with van der Waals surface area (Å²) in [6.45, 7) is 7.51. The average Bonchev–Trinajstić information content (AvgIpc) is 3.25. The Morgan fingerprint density at radius 2 is 1.96 bits per heavy atom. The Morgan fingerprint density at radius 3 is 2.69 bits per heavy atom. The highest BCUT2D eigenvalue weighted by Gasteiger charge is 2.24. The molecule has 0 atom stereocenters. The van der Waals surface area contributed by atoms with Gasteiger partial charge >= 0.3 is 0 Å². The molecule has 7 heteroatoms. The number of carbonyl (C=O) groups is 1. The number of piperazine rings is 1. The first-order chi connectivity index (χ1) is 12.6. The van der Waals surface area contributed by atoms with Crippen LogP contribution in [-0.4, -0.2) is 51.8 Å². The zero-order chi connectivity index (χ0) is 18.1. The van der Waals surface area contributed by atoms with Crippen molar-refractivity contribution >= 4 is 23.0 Å². The van der Waals surface area contributed by atoms with E-state index < -0.39 is 0 Å². The molecule has 26 heavy (non-hydrogen) atoms. The van der Waals surface area contributed by atoms with Crippen molar-refractivity contribution in [3.05, 3.63) is 41.7 Å². The van der Waals surface area contributed by atoms with E-state index in [9.17, 15) is 4.79 Å². The quantitative estimate of drug-likeness (QED) is 0.720. The standard InChI is InChI=1S/C19H23N5O2/c1-14-3-4-17-16(11-14)21-19(26-17)23-9-7-22(8-10-23)18(25)5-6-24-13-15(2)12-20-24/h3-4,11-13H,5-10H2,1-2H3. The van der Waals surface area contributed by atoms with Gasteiger partial charge < -0.3 is 14.2 Å². The van der Waals surface area contributed by atoms with E-state index in [1.165, 1.54) is 5.56 Å². The molecule has 1 fully saturated rings. The number of hydrogen-bond acceptors (Lipinski definition) is 5. The van der Waals surface area contributed by atoms with E-state index in [4.69, 9.17) is 4.42 Å². The molecule has 0 spiro atoms. The summed E-state index contributed by atoms with van der Waals surface area (Å²) in [6.07, 6.45) is 4.24. The normalized spacial score (nSPS) is 15.0. The summed E-state index contributed by atoms with van der Waals surface area (Å²) < 4.78 is 7.69. The van der Waals surface area contributed by atoms with Crippen LogP contribution in [0.3, 0.4) is 0 Å². The smallest absolute Gasteiger partial charge is 0.298 e. The fraction of sp³-hybridized carbons (Fsp3) is 0.421. The number of aromatic nitrogens is 3. The summed E-state index contributed by atoms with van der Waals surface area (Å²) in [5.41, 5.74) is 3.96. The topological polar surface area (TPSA) is 67.4 Å². The van der Waals surface area contributed by atoms with E-state index in [1.54, 1.807) is 0 Å². The van der Waals surface area contributed by atoms with Crippen LogP contribution in [-0.2, 0) is 11.3 Å². The van der Waals surface area contributed by atoms with Crippen molar-refractivity contribution in [2.24, 2.45) is 0 Å². The largest absolute Gasteiger partial charge is 0.423 e. The predicted molar refractivity (Wildman–Crippen MR) is 99.1 cm³/mol. The molecule has 1 aliphatic rings. The zero-order valence-corrected chi connectivity index (χ0v) is 15.2. The Labute approximate surface area is 152 Å². The lowest BCUT2D eigenvalue weighted by molar-refractivity contribution is -0.131. The van der Waals surface area contributed by atoms with Crippen molar-refractivity contribution in [2.75, 3.05) is 31.1 Å². The first-order valence-electron chi connectivity index (χ1n) is 8.97. The van der Waals surface area contributed by atoms with Gasteiger partial charge in [-0.1, -0.05) is 6.07 Å². The second kappa shape index (κ2) is 6.82. The third-order valence-corrected chi connectivity index (χ3v) is 4.75. The number of nitrogens with zero attached hydrogens (tertiary/aromatic N) is 5. The lowest BCUT2D eigenvalue weighted by Crippen LogP contribution is -2.49. The van der Waals surface area contributed by atoms with E-state index in [-0.39, 0.29) is 5.91 Å². The highest BCUT2D eigenvalue weighted by Crippen LogP contribution is 2.23.